The van der Waals surface area contributed by atoms with Crippen LogP contribution in [0.1, 0.15) is 24.8 Å². The molecule has 17 heavy (non-hydrogen) atoms. The predicted molar refractivity (Wildman–Crippen MR) is 71.5 cm³/mol. The fourth-order valence-corrected chi connectivity index (χ4v) is 2.30. The lowest BCUT2D eigenvalue weighted by Crippen LogP contribution is -2.12. The van der Waals surface area contributed by atoms with Gasteiger partial charge in [0.05, 0.1) is 17.7 Å². The van der Waals surface area contributed by atoms with Crippen LogP contribution in [-0.2, 0) is 5.33 Å². The molecule has 0 spiro atoms. The summed E-state index contributed by atoms with van der Waals surface area (Å²) in [5.41, 5.74) is 1.21. The molecular formula is C13H13BrClNO. The van der Waals surface area contributed by atoms with Crippen molar-refractivity contribution in [3.63, 3.8) is 0 Å². The van der Waals surface area contributed by atoms with Gasteiger partial charge in [0.2, 0.25) is 0 Å². The molecule has 2 rings (SSSR count). The van der Waals surface area contributed by atoms with Gasteiger partial charge in [0.15, 0.2) is 0 Å². The van der Waals surface area contributed by atoms with Gasteiger partial charge < -0.3 is 4.74 Å². The van der Waals surface area contributed by atoms with Crippen LogP contribution in [0.5, 0.6) is 5.75 Å². The maximum Gasteiger partial charge on any atom is 0.137 e. The Morgan fingerprint density at radius 3 is 2.76 bits per heavy atom. The molecule has 2 nitrogen and oxygen atoms in total. The molecule has 0 aliphatic heterocycles. The number of alkyl halides is 1. The minimum atomic E-state index is 0.0895. The number of benzene rings is 1. The zero-order valence-corrected chi connectivity index (χ0v) is 11.7. The van der Waals surface area contributed by atoms with Crippen molar-refractivity contribution in [3.8, 4) is 11.8 Å². The van der Waals surface area contributed by atoms with Gasteiger partial charge in [-0.15, -0.1) is 0 Å². The maximum absolute atomic E-state index is 8.73. The van der Waals surface area contributed by atoms with Crippen LogP contribution in [0.2, 0.25) is 5.02 Å². The quantitative estimate of drug-likeness (QED) is 0.759. The van der Waals surface area contributed by atoms with Crippen LogP contribution in [0, 0.1) is 16.7 Å². The molecular weight excluding hydrogens is 302 g/mol. The van der Waals surface area contributed by atoms with Crippen LogP contribution in [0.25, 0.3) is 0 Å². The second-order valence-electron chi connectivity index (χ2n) is 4.52. The first-order valence-corrected chi connectivity index (χ1v) is 7.03. The van der Waals surface area contributed by atoms with Crippen LogP contribution >= 0.6 is 27.5 Å². The molecule has 0 bridgehead atoms. The summed E-state index contributed by atoms with van der Waals surface area (Å²) in [5, 5.41) is 10.1. The Hall–Kier alpha value is -0.720. The molecule has 0 amide bonds. The van der Waals surface area contributed by atoms with Crippen molar-refractivity contribution < 1.29 is 4.74 Å². The molecule has 1 aliphatic rings. The zero-order valence-electron chi connectivity index (χ0n) is 9.38. The minimum Gasteiger partial charge on any atom is -0.491 e. The van der Waals surface area contributed by atoms with Gasteiger partial charge in [-0.05, 0) is 30.5 Å². The van der Waals surface area contributed by atoms with Crippen molar-refractivity contribution in [2.24, 2.45) is 5.41 Å². The summed E-state index contributed by atoms with van der Waals surface area (Å²) in [4.78, 5) is 0. The highest BCUT2D eigenvalue weighted by molar-refractivity contribution is 9.08. The Morgan fingerprint density at radius 1 is 1.47 bits per heavy atom. The minimum absolute atomic E-state index is 0.0895. The second kappa shape index (κ2) is 5.29. The van der Waals surface area contributed by atoms with E-state index in [1.165, 1.54) is 0 Å². The molecule has 0 heterocycles. The molecule has 0 saturated heterocycles. The normalized spacial score (nSPS) is 16.3. The second-order valence-corrected chi connectivity index (χ2v) is 5.49. The average molecular weight is 315 g/mol. The predicted octanol–water partition coefficient (Wildman–Crippen LogP) is 4.31. The summed E-state index contributed by atoms with van der Waals surface area (Å²) < 4.78 is 5.72. The first-order valence-electron chi connectivity index (χ1n) is 5.53. The van der Waals surface area contributed by atoms with Crippen molar-refractivity contribution in [2.45, 2.75) is 24.6 Å². The summed E-state index contributed by atoms with van der Waals surface area (Å²) >= 11 is 9.51. The van der Waals surface area contributed by atoms with Crippen LogP contribution in [0.3, 0.4) is 0 Å². The Kier molecular flexibility index (Phi) is 3.96. The number of ether oxygens (including phenoxy) is 1. The van der Waals surface area contributed by atoms with Crippen LogP contribution < -0.4 is 4.74 Å². The number of nitrogens with zero attached hydrogens (tertiary/aromatic N) is 1. The SMILES string of the molecule is N#CCC1(COc2ccc(CBr)cc2Cl)CC1. The number of halogens is 2. The van der Waals surface area contributed by atoms with Crippen molar-refractivity contribution in [3.05, 3.63) is 28.8 Å². The summed E-state index contributed by atoms with van der Waals surface area (Å²) in [5.74, 6) is 0.709. The topological polar surface area (TPSA) is 33.0 Å². The molecule has 4 heteroatoms. The summed E-state index contributed by atoms with van der Waals surface area (Å²) in [6.07, 6.45) is 2.74. The Labute approximate surface area is 115 Å². The van der Waals surface area contributed by atoms with Gasteiger partial charge in [0.25, 0.3) is 0 Å². The summed E-state index contributed by atoms with van der Waals surface area (Å²) in [6, 6.07) is 7.99. The van der Waals surface area contributed by atoms with E-state index < -0.39 is 0 Å². The number of hydrogen-bond donors (Lipinski definition) is 0. The highest BCUT2D eigenvalue weighted by atomic mass is 79.9. The van der Waals surface area contributed by atoms with Crippen molar-refractivity contribution in [1.29, 1.82) is 5.26 Å². The lowest BCUT2D eigenvalue weighted by molar-refractivity contribution is 0.237. The van der Waals surface area contributed by atoms with Crippen LogP contribution in [0.4, 0.5) is 0 Å². The fourth-order valence-electron chi connectivity index (χ4n) is 1.69. The van der Waals surface area contributed by atoms with Crippen molar-refractivity contribution in [1.82, 2.24) is 0 Å². The van der Waals surface area contributed by atoms with Crippen molar-refractivity contribution >= 4 is 27.5 Å². The van der Waals surface area contributed by atoms with E-state index in [-0.39, 0.29) is 5.41 Å². The lowest BCUT2D eigenvalue weighted by Gasteiger charge is -2.14. The molecule has 1 fully saturated rings. The molecule has 0 atom stereocenters. The maximum atomic E-state index is 8.73. The van der Waals surface area contributed by atoms with E-state index in [2.05, 4.69) is 22.0 Å². The van der Waals surface area contributed by atoms with Gasteiger partial charge in [-0.1, -0.05) is 33.6 Å². The molecule has 0 radical (unpaired) electrons. The van der Waals surface area contributed by atoms with E-state index in [0.717, 1.165) is 23.7 Å². The Morgan fingerprint density at radius 2 is 2.24 bits per heavy atom. The molecule has 0 unspecified atom stereocenters. The summed E-state index contributed by atoms with van der Waals surface area (Å²) in [6.45, 7) is 0.591. The molecule has 1 saturated carbocycles. The number of nitriles is 1. The molecule has 0 aromatic heterocycles. The van der Waals surface area contributed by atoms with Gasteiger partial charge >= 0.3 is 0 Å². The smallest absolute Gasteiger partial charge is 0.137 e. The van der Waals surface area contributed by atoms with Gasteiger partial charge in [-0.2, -0.15) is 5.26 Å². The molecule has 1 aromatic rings. The third kappa shape index (κ3) is 3.14. The largest absolute Gasteiger partial charge is 0.491 e. The van der Waals surface area contributed by atoms with Crippen molar-refractivity contribution in [2.75, 3.05) is 6.61 Å². The van der Waals surface area contributed by atoms with E-state index in [1.54, 1.807) is 0 Å². The zero-order chi connectivity index (χ0) is 12.3. The van der Waals surface area contributed by atoms with Gasteiger partial charge in [0, 0.05) is 17.2 Å². The van der Waals surface area contributed by atoms with E-state index >= 15 is 0 Å². The van der Waals surface area contributed by atoms with Crippen LogP contribution in [0.15, 0.2) is 18.2 Å². The number of hydrogen-bond acceptors (Lipinski definition) is 2. The van der Waals surface area contributed by atoms with Crippen LogP contribution in [-0.4, -0.2) is 6.61 Å². The standard InChI is InChI=1S/C13H13BrClNO/c14-8-10-1-2-12(11(15)7-10)17-9-13(3-4-13)5-6-16/h1-2,7H,3-5,8-9H2. The fraction of sp³-hybridized carbons (Fsp3) is 0.462. The van der Waals surface area contributed by atoms with E-state index in [4.69, 9.17) is 21.6 Å². The highest BCUT2D eigenvalue weighted by Gasteiger charge is 2.43. The van der Waals surface area contributed by atoms with E-state index in [9.17, 15) is 0 Å². The van der Waals surface area contributed by atoms with E-state index in [1.807, 2.05) is 18.2 Å². The van der Waals surface area contributed by atoms with Gasteiger partial charge in [-0.3, -0.25) is 0 Å². The third-order valence-corrected chi connectivity index (χ3v) is 4.04. The van der Waals surface area contributed by atoms with E-state index in [0.29, 0.717) is 23.8 Å². The Bertz CT molecular complexity index is 451. The number of rotatable bonds is 5. The third-order valence-electron chi connectivity index (χ3n) is 3.10. The first-order chi connectivity index (χ1) is 8.19. The highest BCUT2D eigenvalue weighted by Crippen LogP contribution is 2.49. The Balaban J connectivity index is 1.98. The van der Waals surface area contributed by atoms with Gasteiger partial charge in [0.1, 0.15) is 5.75 Å². The lowest BCUT2D eigenvalue weighted by atomic mass is 10.1. The summed E-state index contributed by atoms with van der Waals surface area (Å²) in [7, 11) is 0. The first kappa shape index (κ1) is 12.7. The average Bonchev–Trinajstić information content (AvgIpc) is 3.08. The monoisotopic (exact) mass is 313 g/mol. The molecule has 90 valence electrons. The molecule has 1 aromatic carbocycles. The molecule has 1 aliphatic carbocycles. The molecule has 0 N–H and O–H groups in total. The van der Waals surface area contributed by atoms with Gasteiger partial charge in [-0.25, -0.2) is 0 Å².